The maximum Gasteiger partial charge on any atom is 0.310 e. The summed E-state index contributed by atoms with van der Waals surface area (Å²) < 4.78 is 4.80. The van der Waals surface area contributed by atoms with E-state index in [1.54, 1.807) is 17.0 Å². The van der Waals surface area contributed by atoms with Gasteiger partial charge in [0.05, 0.1) is 6.61 Å². The fourth-order valence-corrected chi connectivity index (χ4v) is 2.56. The number of rotatable bonds is 5. The first kappa shape index (κ1) is 17.0. The van der Waals surface area contributed by atoms with E-state index >= 15 is 0 Å². The number of para-hydroxylation sites is 1. The minimum atomic E-state index is -0.839. The third-order valence-electron chi connectivity index (χ3n) is 3.58. The standard InChI is InChI=1S/C16H21N3O4/c1-10(2)19-12-7-5-4-6-11(12)13(16(19)22)18-15(21)14(20)17-8-9-23-3/h4-7,10,13H,8-9H2,1-3H3,(H,17,20)(H,18,21). The van der Waals surface area contributed by atoms with Crippen LogP contribution in [0.5, 0.6) is 0 Å². The molecular weight excluding hydrogens is 298 g/mol. The molecule has 124 valence electrons. The molecule has 0 spiro atoms. The molecule has 0 radical (unpaired) electrons. The molecule has 1 aliphatic rings. The molecule has 0 saturated carbocycles. The number of carbonyl (C=O) groups excluding carboxylic acids is 3. The van der Waals surface area contributed by atoms with Crippen molar-refractivity contribution in [3.8, 4) is 0 Å². The number of hydrogen-bond acceptors (Lipinski definition) is 4. The minimum Gasteiger partial charge on any atom is -0.383 e. The molecule has 0 aliphatic carbocycles. The summed E-state index contributed by atoms with van der Waals surface area (Å²) in [5, 5.41) is 4.94. The fraction of sp³-hybridized carbons (Fsp3) is 0.438. The van der Waals surface area contributed by atoms with Gasteiger partial charge in [0, 0.05) is 30.9 Å². The Labute approximate surface area is 135 Å². The second-order valence-corrected chi connectivity index (χ2v) is 5.52. The first-order valence-corrected chi connectivity index (χ1v) is 7.47. The Kier molecular flexibility index (Phi) is 5.33. The van der Waals surface area contributed by atoms with Gasteiger partial charge in [-0.15, -0.1) is 0 Å². The number of nitrogens with one attached hydrogen (secondary N) is 2. The smallest absolute Gasteiger partial charge is 0.310 e. The van der Waals surface area contributed by atoms with E-state index in [0.717, 1.165) is 5.69 Å². The van der Waals surface area contributed by atoms with Gasteiger partial charge >= 0.3 is 11.8 Å². The van der Waals surface area contributed by atoms with Gasteiger partial charge in [-0.2, -0.15) is 0 Å². The molecule has 1 unspecified atom stereocenters. The molecule has 2 N–H and O–H groups in total. The molecule has 1 atom stereocenters. The predicted octanol–water partition coefficient (Wildman–Crippen LogP) is 0.362. The van der Waals surface area contributed by atoms with Crippen LogP contribution in [0.1, 0.15) is 25.5 Å². The summed E-state index contributed by atoms with van der Waals surface area (Å²) in [6, 6.07) is 6.37. The van der Waals surface area contributed by atoms with Crippen LogP contribution in [0.3, 0.4) is 0 Å². The van der Waals surface area contributed by atoms with Crippen LogP contribution in [0, 0.1) is 0 Å². The molecule has 23 heavy (non-hydrogen) atoms. The van der Waals surface area contributed by atoms with E-state index < -0.39 is 17.9 Å². The van der Waals surface area contributed by atoms with Crippen molar-refractivity contribution in [2.24, 2.45) is 0 Å². The van der Waals surface area contributed by atoms with Crippen LogP contribution in [0.2, 0.25) is 0 Å². The van der Waals surface area contributed by atoms with Crippen molar-refractivity contribution in [1.29, 1.82) is 0 Å². The molecule has 0 bridgehead atoms. The Morgan fingerprint density at radius 3 is 2.61 bits per heavy atom. The lowest BCUT2D eigenvalue weighted by molar-refractivity contribution is -0.140. The third kappa shape index (κ3) is 3.50. The second kappa shape index (κ2) is 7.23. The highest BCUT2D eigenvalue weighted by atomic mass is 16.5. The highest BCUT2D eigenvalue weighted by molar-refractivity contribution is 6.35. The van der Waals surface area contributed by atoms with Gasteiger partial charge in [0.25, 0.3) is 5.91 Å². The summed E-state index contributed by atoms with van der Waals surface area (Å²) >= 11 is 0. The topological polar surface area (TPSA) is 87.7 Å². The van der Waals surface area contributed by atoms with Crippen LogP contribution >= 0.6 is 0 Å². The SMILES string of the molecule is COCCNC(=O)C(=O)NC1C(=O)N(C(C)C)c2ccccc21. The maximum atomic E-state index is 12.6. The molecule has 1 heterocycles. The lowest BCUT2D eigenvalue weighted by atomic mass is 10.1. The summed E-state index contributed by atoms with van der Waals surface area (Å²) in [4.78, 5) is 37.9. The summed E-state index contributed by atoms with van der Waals surface area (Å²) in [5.74, 6) is -1.85. The molecule has 0 fully saturated rings. The van der Waals surface area contributed by atoms with Crippen molar-refractivity contribution < 1.29 is 19.1 Å². The monoisotopic (exact) mass is 319 g/mol. The zero-order chi connectivity index (χ0) is 17.0. The van der Waals surface area contributed by atoms with Gasteiger partial charge in [-0.25, -0.2) is 0 Å². The van der Waals surface area contributed by atoms with Crippen LogP contribution in [-0.2, 0) is 19.1 Å². The zero-order valence-electron chi connectivity index (χ0n) is 13.5. The number of methoxy groups -OCH3 is 1. The van der Waals surface area contributed by atoms with Gasteiger partial charge in [0.1, 0.15) is 6.04 Å². The Morgan fingerprint density at radius 1 is 1.26 bits per heavy atom. The highest BCUT2D eigenvalue weighted by Gasteiger charge is 2.39. The quantitative estimate of drug-likeness (QED) is 0.606. The Morgan fingerprint density at radius 2 is 1.96 bits per heavy atom. The van der Waals surface area contributed by atoms with Crippen molar-refractivity contribution >= 4 is 23.4 Å². The third-order valence-corrected chi connectivity index (χ3v) is 3.58. The van der Waals surface area contributed by atoms with E-state index in [0.29, 0.717) is 12.2 Å². The van der Waals surface area contributed by atoms with Gasteiger partial charge in [-0.05, 0) is 19.9 Å². The van der Waals surface area contributed by atoms with Crippen LogP contribution in [0.25, 0.3) is 0 Å². The maximum absolute atomic E-state index is 12.6. The minimum absolute atomic E-state index is 0.0407. The summed E-state index contributed by atoms with van der Waals surface area (Å²) in [6.07, 6.45) is 0. The summed E-state index contributed by atoms with van der Waals surface area (Å²) in [6.45, 7) is 4.34. The number of ether oxygens (including phenoxy) is 1. The van der Waals surface area contributed by atoms with Crippen molar-refractivity contribution in [1.82, 2.24) is 10.6 Å². The van der Waals surface area contributed by atoms with E-state index in [9.17, 15) is 14.4 Å². The van der Waals surface area contributed by atoms with Crippen molar-refractivity contribution in [3.05, 3.63) is 29.8 Å². The van der Waals surface area contributed by atoms with Gasteiger partial charge in [-0.3, -0.25) is 14.4 Å². The van der Waals surface area contributed by atoms with Crippen molar-refractivity contribution in [2.75, 3.05) is 25.2 Å². The molecule has 2 rings (SSSR count). The molecule has 7 heteroatoms. The lowest BCUT2D eigenvalue weighted by Crippen LogP contribution is -2.46. The molecule has 1 aromatic carbocycles. The number of fused-ring (bicyclic) bond motifs is 1. The van der Waals surface area contributed by atoms with Crippen LogP contribution in [0.4, 0.5) is 5.69 Å². The van der Waals surface area contributed by atoms with Gasteiger partial charge in [-0.1, -0.05) is 18.2 Å². The van der Waals surface area contributed by atoms with Gasteiger partial charge < -0.3 is 20.3 Å². The summed E-state index contributed by atoms with van der Waals surface area (Å²) in [7, 11) is 1.50. The first-order chi connectivity index (χ1) is 11.0. The van der Waals surface area contributed by atoms with E-state index in [2.05, 4.69) is 10.6 Å². The van der Waals surface area contributed by atoms with Crippen LogP contribution in [0.15, 0.2) is 24.3 Å². The van der Waals surface area contributed by atoms with Crippen molar-refractivity contribution in [2.45, 2.75) is 25.9 Å². The molecule has 1 aliphatic heterocycles. The zero-order valence-corrected chi connectivity index (χ0v) is 13.5. The van der Waals surface area contributed by atoms with Crippen LogP contribution in [-0.4, -0.2) is 44.0 Å². The van der Waals surface area contributed by atoms with Crippen LogP contribution < -0.4 is 15.5 Å². The fourth-order valence-electron chi connectivity index (χ4n) is 2.56. The number of nitrogens with zero attached hydrogens (tertiary/aromatic N) is 1. The predicted molar refractivity (Wildman–Crippen MR) is 84.8 cm³/mol. The molecule has 3 amide bonds. The molecule has 1 aromatic rings. The Hall–Kier alpha value is -2.41. The van der Waals surface area contributed by atoms with E-state index in [1.165, 1.54) is 7.11 Å². The number of amides is 3. The lowest BCUT2D eigenvalue weighted by Gasteiger charge is -2.22. The molecule has 7 nitrogen and oxygen atoms in total. The number of carbonyl (C=O) groups is 3. The summed E-state index contributed by atoms with van der Waals surface area (Å²) in [5.41, 5.74) is 1.46. The van der Waals surface area contributed by atoms with Gasteiger partial charge in [0.15, 0.2) is 0 Å². The Balaban J connectivity index is 2.12. The number of anilines is 1. The molecule has 0 aromatic heterocycles. The average Bonchev–Trinajstić information content (AvgIpc) is 2.80. The average molecular weight is 319 g/mol. The van der Waals surface area contributed by atoms with E-state index in [1.807, 2.05) is 26.0 Å². The number of hydrogen-bond donors (Lipinski definition) is 2. The number of benzene rings is 1. The molecule has 0 saturated heterocycles. The highest BCUT2D eigenvalue weighted by Crippen LogP contribution is 2.36. The largest absolute Gasteiger partial charge is 0.383 e. The Bertz CT molecular complexity index is 615. The normalized spacial score (nSPS) is 16.4. The second-order valence-electron chi connectivity index (χ2n) is 5.52. The van der Waals surface area contributed by atoms with Gasteiger partial charge in [0.2, 0.25) is 0 Å². The van der Waals surface area contributed by atoms with E-state index in [4.69, 9.17) is 4.74 Å². The first-order valence-electron chi connectivity index (χ1n) is 7.47. The van der Waals surface area contributed by atoms with Crippen molar-refractivity contribution in [3.63, 3.8) is 0 Å². The molecular formula is C16H21N3O4. The van der Waals surface area contributed by atoms with E-state index in [-0.39, 0.29) is 18.5 Å².